The molecule has 0 fully saturated rings. The molecule has 0 bridgehead atoms. The van der Waals surface area contributed by atoms with Gasteiger partial charge in [0.05, 0.1) is 0 Å². The van der Waals surface area contributed by atoms with Crippen LogP contribution < -0.4 is 5.73 Å². The standard InChI is InChI=1S/C18H23NS/c1-14(2)11-15-7-6-8-16(12-15)18(19)13-20-17-9-4-3-5-10-17/h3-10,12,14,18H,11,13,19H2,1-2H3. The van der Waals surface area contributed by atoms with E-state index in [2.05, 4.69) is 62.4 Å². The Morgan fingerprint density at radius 1 is 1.00 bits per heavy atom. The summed E-state index contributed by atoms with van der Waals surface area (Å²) in [6.07, 6.45) is 1.12. The third kappa shape index (κ3) is 4.69. The molecule has 0 heterocycles. The van der Waals surface area contributed by atoms with Crippen LogP contribution in [-0.4, -0.2) is 5.75 Å². The Morgan fingerprint density at radius 3 is 2.45 bits per heavy atom. The molecule has 0 saturated heterocycles. The maximum atomic E-state index is 6.32. The Balaban J connectivity index is 1.96. The molecule has 1 unspecified atom stereocenters. The third-order valence-electron chi connectivity index (χ3n) is 3.20. The van der Waals surface area contributed by atoms with Crippen LogP contribution in [0.2, 0.25) is 0 Å². The molecule has 20 heavy (non-hydrogen) atoms. The summed E-state index contributed by atoms with van der Waals surface area (Å²) >= 11 is 1.82. The molecule has 2 N–H and O–H groups in total. The molecule has 2 rings (SSSR count). The average Bonchev–Trinajstić information content (AvgIpc) is 2.45. The van der Waals surface area contributed by atoms with Crippen LogP contribution in [0.15, 0.2) is 59.5 Å². The van der Waals surface area contributed by atoms with Crippen molar-refractivity contribution in [1.82, 2.24) is 0 Å². The SMILES string of the molecule is CC(C)Cc1cccc(C(N)CSc2ccccc2)c1. The van der Waals surface area contributed by atoms with Crippen molar-refractivity contribution in [1.29, 1.82) is 0 Å². The van der Waals surface area contributed by atoms with Crippen LogP contribution in [0.3, 0.4) is 0 Å². The fourth-order valence-corrected chi connectivity index (χ4v) is 3.14. The predicted molar refractivity (Wildman–Crippen MR) is 89.1 cm³/mol. The molecular weight excluding hydrogens is 262 g/mol. The van der Waals surface area contributed by atoms with Crippen LogP contribution >= 0.6 is 11.8 Å². The van der Waals surface area contributed by atoms with Crippen molar-refractivity contribution in [3.63, 3.8) is 0 Å². The Morgan fingerprint density at radius 2 is 1.75 bits per heavy atom. The number of nitrogens with two attached hydrogens (primary N) is 1. The van der Waals surface area contributed by atoms with Crippen LogP contribution in [0, 0.1) is 5.92 Å². The van der Waals surface area contributed by atoms with Gasteiger partial charge in [-0.3, -0.25) is 0 Å². The molecule has 0 aromatic heterocycles. The van der Waals surface area contributed by atoms with E-state index in [-0.39, 0.29) is 6.04 Å². The number of benzene rings is 2. The van der Waals surface area contributed by atoms with Crippen LogP contribution in [-0.2, 0) is 6.42 Å². The molecule has 1 atom stereocenters. The van der Waals surface area contributed by atoms with Crippen molar-refractivity contribution in [3.05, 3.63) is 65.7 Å². The largest absolute Gasteiger partial charge is 0.323 e. The van der Waals surface area contributed by atoms with Crippen molar-refractivity contribution < 1.29 is 0 Å². The molecule has 0 aliphatic heterocycles. The molecule has 2 heteroatoms. The van der Waals surface area contributed by atoms with Crippen molar-refractivity contribution in [2.75, 3.05) is 5.75 Å². The lowest BCUT2D eigenvalue weighted by atomic mass is 9.99. The summed E-state index contributed by atoms with van der Waals surface area (Å²) in [7, 11) is 0. The van der Waals surface area contributed by atoms with E-state index in [1.807, 2.05) is 17.8 Å². The highest BCUT2D eigenvalue weighted by Crippen LogP contribution is 2.24. The van der Waals surface area contributed by atoms with E-state index in [1.165, 1.54) is 16.0 Å². The molecule has 0 spiro atoms. The van der Waals surface area contributed by atoms with E-state index >= 15 is 0 Å². The fourth-order valence-electron chi connectivity index (χ4n) is 2.22. The van der Waals surface area contributed by atoms with Gasteiger partial charge < -0.3 is 5.73 Å². The van der Waals surface area contributed by atoms with Gasteiger partial charge in [-0.1, -0.05) is 56.3 Å². The maximum Gasteiger partial charge on any atom is 0.0390 e. The fraction of sp³-hybridized carbons (Fsp3) is 0.333. The minimum absolute atomic E-state index is 0.0901. The zero-order valence-electron chi connectivity index (χ0n) is 12.3. The van der Waals surface area contributed by atoms with Crippen molar-refractivity contribution >= 4 is 11.8 Å². The zero-order valence-corrected chi connectivity index (χ0v) is 13.1. The van der Waals surface area contributed by atoms with Gasteiger partial charge in [0.2, 0.25) is 0 Å². The summed E-state index contributed by atoms with van der Waals surface area (Å²) in [4.78, 5) is 1.28. The predicted octanol–water partition coefficient (Wildman–Crippen LogP) is 4.68. The highest BCUT2D eigenvalue weighted by Gasteiger charge is 2.08. The van der Waals surface area contributed by atoms with Crippen LogP contribution in [0.4, 0.5) is 0 Å². The molecule has 0 saturated carbocycles. The summed E-state index contributed by atoms with van der Waals surface area (Å²) in [5.41, 5.74) is 8.95. The minimum atomic E-state index is 0.0901. The van der Waals surface area contributed by atoms with E-state index in [0.717, 1.165) is 12.2 Å². The number of hydrogen-bond donors (Lipinski definition) is 1. The second-order valence-corrected chi connectivity index (χ2v) is 6.67. The lowest BCUT2D eigenvalue weighted by Crippen LogP contribution is -2.13. The summed E-state index contributed by atoms with van der Waals surface area (Å²) in [6.45, 7) is 4.50. The summed E-state index contributed by atoms with van der Waals surface area (Å²) in [5, 5.41) is 0. The van der Waals surface area contributed by atoms with Gasteiger partial charge in [0.1, 0.15) is 0 Å². The van der Waals surface area contributed by atoms with E-state index in [4.69, 9.17) is 5.73 Å². The van der Waals surface area contributed by atoms with E-state index < -0.39 is 0 Å². The molecule has 0 aliphatic carbocycles. The van der Waals surface area contributed by atoms with Gasteiger partial charge in [0.15, 0.2) is 0 Å². The van der Waals surface area contributed by atoms with E-state index in [1.54, 1.807) is 0 Å². The molecule has 1 nitrogen and oxygen atoms in total. The normalized spacial score (nSPS) is 12.6. The number of hydrogen-bond acceptors (Lipinski definition) is 2. The average molecular weight is 285 g/mol. The smallest absolute Gasteiger partial charge is 0.0390 e. The molecule has 0 aliphatic rings. The molecule has 2 aromatic carbocycles. The Bertz CT molecular complexity index is 522. The first-order valence-electron chi connectivity index (χ1n) is 7.17. The summed E-state index contributed by atoms with van der Waals surface area (Å²) in [5.74, 6) is 1.59. The van der Waals surface area contributed by atoms with E-state index in [9.17, 15) is 0 Å². The summed E-state index contributed by atoms with van der Waals surface area (Å²) < 4.78 is 0. The highest BCUT2D eigenvalue weighted by molar-refractivity contribution is 7.99. The molecular formula is C18H23NS. The third-order valence-corrected chi connectivity index (χ3v) is 4.33. The molecule has 0 radical (unpaired) electrons. The van der Waals surface area contributed by atoms with Crippen molar-refractivity contribution in [2.24, 2.45) is 11.7 Å². The van der Waals surface area contributed by atoms with Crippen molar-refractivity contribution in [3.8, 4) is 0 Å². The van der Waals surface area contributed by atoms with Crippen LogP contribution in [0.5, 0.6) is 0 Å². The van der Waals surface area contributed by atoms with Gasteiger partial charge >= 0.3 is 0 Å². The second kappa shape index (κ2) is 7.51. The summed E-state index contributed by atoms with van der Waals surface area (Å²) in [6, 6.07) is 19.2. The van der Waals surface area contributed by atoms with Gasteiger partial charge in [0, 0.05) is 16.7 Å². The zero-order chi connectivity index (χ0) is 14.4. The highest BCUT2D eigenvalue weighted by atomic mass is 32.2. The first-order chi connectivity index (χ1) is 9.65. The Labute approximate surface area is 126 Å². The Kier molecular flexibility index (Phi) is 5.69. The monoisotopic (exact) mass is 285 g/mol. The van der Waals surface area contributed by atoms with Crippen molar-refractivity contribution in [2.45, 2.75) is 31.2 Å². The molecule has 2 aromatic rings. The lowest BCUT2D eigenvalue weighted by molar-refractivity contribution is 0.646. The topological polar surface area (TPSA) is 26.0 Å². The second-order valence-electron chi connectivity index (χ2n) is 5.57. The molecule has 0 amide bonds. The van der Waals surface area contributed by atoms with Gasteiger partial charge in [-0.2, -0.15) is 0 Å². The van der Waals surface area contributed by atoms with Gasteiger partial charge in [-0.25, -0.2) is 0 Å². The minimum Gasteiger partial charge on any atom is -0.323 e. The quantitative estimate of drug-likeness (QED) is 0.780. The maximum absolute atomic E-state index is 6.32. The molecule has 106 valence electrons. The van der Waals surface area contributed by atoms with Gasteiger partial charge in [-0.15, -0.1) is 11.8 Å². The number of rotatable bonds is 6. The number of thioether (sulfide) groups is 1. The van der Waals surface area contributed by atoms with Crippen LogP contribution in [0.25, 0.3) is 0 Å². The first-order valence-corrected chi connectivity index (χ1v) is 8.16. The first kappa shape index (κ1) is 15.1. The van der Waals surface area contributed by atoms with Crippen LogP contribution in [0.1, 0.15) is 31.0 Å². The Hall–Kier alpha value is -1.25. The lowest BCUT2D eigenvalue weighted by Gasteiger charge is -2.14. The van der Waals surface area contributed by atoms with Gasteiger partial charge in [-0.05, 0) is 35.6 Å². The van der Waals surface area contributed by atoms with E-state index in [0.29, 0.717) is 5.92 Å². The van der Waals surface area contributed by atoms with Gasteiger partial charge in [0.25, 0.3) is 0 Å².